The number of hydrogen-bond donors (Lipinski definition) is 1. The summed E-state index contributed by atoms with van der Waals surface area (Å²) in [6, 6.07) is 2.06. The number of nitrogens with two attached hydrogens (primary N) is 1. The molecule has 1 fully saturated rings. The van der Waals surface area contributed by atoms with Crippen molar-refractivity contribution in [3.63, 3.8) is 0 Å². The Morgan fingerprint density at radius 3 is 2.44 bits per heavy atom. The molecule has 4 aromatic rings. The van der Waals surface area contributed by atoms with Crippen LogP contribution < -0.4 is 5.73 Å². The van der Waals surface area contributed by atoms with Crippen molar-refractivity contribution >= 4 is 17.0 Å². The summed E-state index contributed by atoms with van der Waals surface area (Å²) in [4.78, 5) is 13.0. The number of aryl methyl sites for hydroxylation is 2. The summed E-state index contributed by atoms with van der Waals surface area (Å²) in [5, 5.41) is 4.05. The van der Waals surface area contributed by atoms with Gasteiger partial charge in [-0.2, -0.15) is 0 Å². The predicted molar refractivity (Wildman–Crippen MR) is 117 cm³/mol. The molecule has 7 nitrogen and oxygen atoms in total. The molecule has 0 bridgehead atoms. The number of hydrogen-bond acceptors (Lipinski definition) is 6. The Balaban J connectivity index is 1.60. The van der Waals surface area contributed by atoms with E-state index in [9.17, 15) is 8.78 Å². The van der Waals surface area contributed by atoms with Crippen LogP contribution in [-0.2, 0) is 6.54 Å². The lowest BCUT2D eigenvalue weighted by atomic mass is 9.87. The maximum absolute atomic E-state index is 13.7. The molecule has 1 aliphatic rings. The van der Waals surface area contributed by atoms with E-state index in [1.54, 1.807) is 12.4 Å². The molecule has 166 valence electrons. The molecule has 0 aromatic carbocycles. The fourth-order valence-corrected chi connectivity index (χ4v) is 4.60. The molecule has 0 unspecified atom stereocenters. The molecule has 1 aliphatic carbocycles. The van der Waals surface area contributed by atoms with Crippen LogP contribution in [0.4, 0.5) is 14.7 Å². The molecule has 0 aliphatic heterocycles. The van der Waals surface area contributed by atoms with E-state index < -0.39 is 5.92 Å². The highest BCUT2D eigenvalue weighted by Crippen LogP contribution is 2.39. The van der Waals surface area contributed by atoms with Crippen LogP contribution in [-0.4, -0.2) is 30.6 Å². The van der Waals surface area contributed by atoms with E-state index in [0.717, 1.165) is 44.7 Å². The van der Waals surface area contributed by atoms with Gasteiger partial charge in [-0.15, -0.1) is 0 Å². The van der Waals surface area contributed by atoms with Crippen molar-refractivity contribution in [1.82, 2.24) is 24.7 Å². The second kappa shape index (κ2) is 7.65. The third kappa shape index (κ3) is 3.72. The van der Waals surface area contributed by atoms with Gasteiger partial charge in [-0.3, -0.25) is 4.98 Å². The monoisotopic (exact) mass is 438 g/mol. The van der Waals surface area contributed by atoms with Crippen LogP contribution in [0, 0.1) is 19.8 Å². The number of alkyl halides is 2. The molecule has 9 heteroatoms. The SMILES string of the molecule is Cc1noc(C)c1-c1cnc2c(-c3cnc(N)nc3)cn(CC3CCC(F)(F)CC3)c2c1. The van der Waals surface area contributed by atoms with Crippen molar-refractivity contribution in [3.8, 4) is 22.3 Å². The molecule has 4 heterocycles. The van der Waals surface area contributed by atoms with Crippen LogP contribution in [0.2, 0.25) is 0 Å². The van der Waals surface area contributed by atoms with Gasteiger partial charge in [0.2, 0.25) is 11.9 Å². The summed E-state index contributed by atoms with van der Waals surface area (Å²) in [6.45, 7) is 4.42. The van der Waals surface area contributed by atoms with Crippen molar-refractivity contribution in [2.45, 2.75) is 52.0 Å². The number of pyridine rings is 1. The van der Waals surface area contributed by atoms with Crippen molar-refractivity contribution in [3.05, 3.63) is 42.3 Å². The number of halogens is 2. The van der Waals surface area contributed by atoms with E-state index in [-0.39, 0.29) is 24.7 Å². The Morgan fingerprint density at radius 2 is 1.78 bits per heavy atom. The summed E-state index contributed by atoms with van der Waals surface area (Å²) in [5.74, 6) is -1.43. The molecule has 0 atom stereocenters. The van der Waals surface area contributed by atoms with Crippen LogP contribution in [0.25, 0.3) is 33.3 Å². The largest absolute Gasteiger partial charge is 0.368 e. The lowest BCUT2D eigenvalue weighted by Crippen LogP contribution is -2.26. The van der Waals surface area contributed by atoms with Gasteiger partial charge in [-0.05, 0) is 38.7 Å². The number of nitrogen functional groups attached to an aromatic ring is 1. The minimum absolute atomic E-state index is 0.0574. The lowest BCUT2D eigenvalue weighted by Gasteiger charge is -2.28. The zero-order chi connectivity index (χ0) is 22.5. The van der Waals surface area contributed by atoms with Gasteiger partial charge in [0, 0.05) is 66.4 Å². The third-order valence-electron chi connectivity index (χ3n) is 6.31. The summed E-state index contributed by atoms with van der Waals surface area (Å²) in [5.41, 5.74) is 11.7. The second-order valence-corrected chi connectivity index (χ2v) is 8.62. The topological polar surface area (TPSA) is 95.7 Å². The first-order valence-corrected chi connectivity index (χ1v) is 10.7. The van der Waals surface area contributed by atoms with Crippen molar-refractivity contribution in [2.75, 3.05) is 5.73 Å². The first-order valence-electron chi connectivity index (χ1n) is 10.7. The van der Waals surface area contributed by atoms with Gasteiger partial charge in [0.05, 0.1) is 16.7 Å². The first kappa shape index (κ1) is 20.5. The highest BCUT2D eigenvalue weighted by Gasteiger charge is 2.35. The van der Waals surface area contributed by atoms with Crippen LogP contribution >= 0.6 is 0 Å². The predicted octanol–water partition coefficient (Wildman–Crippen LogP) is 5.17. The van der Waals surface area contributed by atoms with Gasteiger partial charge < -0.3 is 14.8 Å². The standard InChI is InChI=1S/C23H24F2N6O/c1-13-20(14(2)32-30-13)16-7-19-21(27-8-16)18(17-9-28-22(26)29-10-17)12-31(19)11-15-3-5-23(24,25)6-4-15/h7-10,12,15H,3-6,11H2,1-2H3,(H2,26,28,29). The molecule has 32 heavy (non-hydrogen) atoms. The van der Waals surface area contributed by atoms with Crippen LogP contribution in [0.15, 0.2) is 35.4 Å². The van der Waals surface area contributed by atoms with Gasteiger partial charge >= 0.3 is 0 Å². The maximum Gasteiger partial charge on any atom is 0.248 e. The zero-order valence-electron chi connectivity index (χ0n) is 18.0. The Bertz CT molecular complexity index is 1250. The van der Waals surface area contributed by atoms with Gasteiger partial charge in [0.25, 0.3) is 0 Å². The minimum Gasteiger partial charge on any atom is -0.368 e. The quantitative estimate of drug-likeness (QED) is 0.472. The molecule has 0 amide bonds. The summed E-state index contributed by atoms with van der Waals surface area (Å²) in [7, 11) is 0. The fourth-order valence-electron chi connectivity index (χ4n) is 4.60. The maximum atomic E-state index is 13.7. The first-order chi connectivity index (χ1) is 15.3. The normalized spacial score (nSPS) is 16.6. The van der Waals surface area contributed by atoms with Gasteiger partial charge in [-0.25, -0.2) is 18.7 Å². The highest BCUT2D eigenvalue weighted by molar-refractivity contribution is 5.94. The number of anilines is 1. The smallest absolute Gasteiger partial charge is 0.248 e. The van der Waals surface area contributed by atoms with Crippen LogP contribution in [0.5, 0.6) is 0 Å². The van der Waals surface area contributed by atoms with Gasteiger partial charge in [0.15, 0.2) is 0 Å². The molecule has 2 N–H and O–H groups in total. The number of aromatic nitrogens is 5. The van der Waals surface area contributed by atoms with E-state index in [4.69, 9.17) is 15.2 Å². The summed E-state index contributed by atoms with van der Waals surface area (Å²) in [6.07, 6.45) is 8.06. The van der Waals surface area contributed by atoms with E-state index in [1.165, 1.54) is 0 Å². The van der Waals surface area contributed by atoms with Crippen molar-refractivity contribution in [2.24, 2.45) is 5.92 Å². The molecule has 1 saturated carbocycles. The zero-order valence-corrected chi connectivity index (χ0v) is 18.0. The molecule has 5 rings (SSSR count). The van der Waals surface area contributed by atoms with Crippen molar-refractivity contribution < 1.29 is 13.3 Å². The van der Waals surface area contributed by atoms with Gasteiger partial charge in [-0.1, -0.05) is 5.16 Å². The Kier molecular flexibility index (Phi) is 4.91. The molecular weight excluding hydrogens is 414 g/mol. The fraction of sp³-hybridized carbons (Fsp3) is 0.391. The van der Waals surface area contributed by atoms with Gasteiger partial charge in [0.1, 0.15) is 5.76 Å². The van der Waals surface area contributed by atoms with E-state index in [1.807, 2.05) is 26.2 Å². The molecular formula is C23H24F2N6O. The number of nitrogens with zero attached hydrogens (tertiary/aromatic N) is 5. The van der Waals surface area contributed by atoms with E-state index >= 15 is 0 Å². The number of fused-ring (bicyclic) bond motifs is 1. The summed E-state index contributed by atoms with van der Waals surface area (Å²) >= 11 is 0. The molecule has 0 saturated heterocycles. The third-order valence-corrected chi connectivity index (χ3v) is 6.31. The Labute approximate surface area is 183 Å². The van der Waals surface area contributed by atoms with E-state index in [2.05, 4.69) is 25.8 Å². The minimum atomic E-state index is -2.54. The average molecular weight is 438 g/mol. The Hall–Kier alpha value is -3.36. The second-order valence-electron chi connectivity index (χ2n) is 8.62. The number of rotatable bonds is 4. The molecule has 4 aromatic heterocycles. The highest BCUT2D eigenvalue weighted by atomic mass is 19.3. The molecule has 0 spiro atoms. The van der Waals surface area contributed by atoms with Crippen molar-refractivity contribution in [1.29, 1.82) is 0 Å². The average Bonchev–Trinajstić information content (AvgIpc) is 3.29. The lowest BCUT2D eigenvalue weighted by molar-refractivity contribution is -0.0472. The molecule has 0 radical (unpaired) electrons. The Morgan fingerprint density at radius 1 is 1.09 bits per heavy atom. The van der Waals surface area contributed by atoms with Crippen LogP contribution in [0.1, 0.15) is 37.1 Å². The van der Waals surface area contributed by atoms with Crippen LogP contribution in [0.3, 0.4) is 0 Å². The van der Waals surface area contributed by atoms with E-state index in [0.29, 0.717) is 19.4 Å². The summed E-state index contributed by atoms with van der Waals surface area (Å²) < 4.78 is 34.8.